The highest BCUT2D eigenvalue weighted by Gasteiger charge is 2.06. The van der Waals surface area contributed by atoms with E-state index in [-0.39, 0.29) is 5.91 Å². The van der Waals surface area contributed by atoms with Crippen LogP contribution in [0.2, 0.25) is 0 Å². The number of amides is 1. The normalized spacial score (nSPS) is 10.0. The van der Waals surface area contributed by atoms with Crippen molar-refractivity contribution in [2.75, 3.05) is 0 Å². The summed E-state index contributed by atoms with van der Waals surface area (Å²) in [7, 11) is 0. The minimum absolute atomic E-state index is 0.153. The molecule has 3 rings (SSSR count). The van der Waals surface area contributed by atoms with Gasteiger partial charge in [0.05, 0.1) is 17.3 Å². The summed E-state index contributed by atoms with van der Waals surface area (Å²) in [6.07, 6.45) is 3.55. The van der Waals surface area contributed by atoms with E-state index in [1.165, 1.54) is 0 Å². The number of carbonyl (C=O) groups excluding carboxylic acids is 1. The molecule has 1 N–H and O–H groups in total. The second-order valence-electron chi connectivity index (χ2n) is 4.99. The highest BCUT2D eigenvalue weighted by molar-refractivity contribution is 5.94. The number of rotatable bonds is 4. The van der Waals surface area contributed by atoms with Crippen molar-refractivity contribution in [2.24, 2.45) is 0 Å². The maximum absolute atomic E-state index is 12.2. The summed E-state index contributed by atoms with van der Waals surface area (Å²) in [5, 5.41) is 15.9. The zero-order valence-corrected chi connectivity index (χ0v) is 12.3. The van der Waals surface area contributed by atoms with Crippen molar-refractivity contribution in [1.29, 1.82) is 5.26 Å². The highest BCUT2D eigenvalue weighted by atomic mass is 16.1. The Morgan fingerprint density at radius 1 is 1.17 bits per heavy atom. The van der Waals surface area contributed by atoms with Crippen molar-refractivity contribution >= 4 is 5.91 Å². The van der Waals surface area contributed by atoms with Gasteiger partial charge in [-0.3, -0.25) is 4.79 Å². The number of carbonyl (C=O) groups is 1. The van der Waals surface area contributed by atoms with E-state index >= 15 is 0 Å². The molecular weight excluding hydrogens is 288 g/mol. The predicted molar refractivity (Wildman–Crippen MR) is 85.9 cm³/mol. The smallest absolute Gasteiger partial charge is 0.251 e. The number of aromatic nitrogens is 2. The lowest BCUT2D eigenvalue weighted by atomic mass is 10.1. The number of nitrogens with zero attached hydrogens (tertiary/aromatic N) is 3. The number of hydrogen-bond donors (Lipinski definition) is 1. The molecule has 1 aromatic heterocycles. The first-order valence-electron chi connectivity index (χ1n) is 7.13. The first-order chi connectivity index (χ1) is 11.3. The van der Waals surface area contributed by atoms with Crippen molar-refractivity contribution in [3.05, 3.63) is 83.7 Å². The third-order valence-corrected chi connectivity index (χ3v) is 3.41. The molecule has 23 heavy (non-hydrogen) atoms. The molecule has 0 saturated carbocycles. The molecular formula is C18H14N4O. The molecule has 0 aliphatic heterocycles. The van der Waals surface area contributed by atoms with Crippen LogP contribution in [-0.4, -0.2) is 15.7 Å². The molecule has 0 bridgehead atoms. The van der Waals surface area contributed by atoms with E-state index in [0.717, 1.165) is 11.3 Å². The van der Waals surface area contributed by atoms with E-state index in [0.29, 0.717) is 17.7 Å². The molecule has 0 atom stereocenters. The molecule has 5 heteroatoms. The van der Waals surface area contributed by atoms with Crippen LogP contribution in [0.1, 0.15) is 21.5 Å². The van der Waals surface area contributed by atoms with E-state index in [1.807, 2.05) is 30.5 Å². The van der Waals surface area contributed by atoms with E-state index in [4.69, 9.17) is 5.26 Å². The van der Waals surface area contributed by atoms with Gasteiger partial charge in [0.25, 0.3) is 5.91 Å². The Morgan fingerprint density at radius 3 is 2.70 bits per heavy atom. The van der Waals surface area contributed by atoms with Crippen molar-refractivity contribution < 1.29 is 4.79 Å². The molecule has 2 aromatic carbocycles. The summed E-state index contributed by atoms with van der Waals surface area (Å²) in [4.78, 5) is 12.2. The number of nitrogens with one attached hydrogen (secondary N) is 1. The molecule has 0 aliphatic carbocycles. The molecule has 0 saturated heterocycles. The summed E-state index contributed by atoms with van der Waals surface area (Å²) in [6, 6.07) is 18.3. The van der Waals surface area contributed by atoms with Crippen LogP contribution < -0.4 is 5.32 Å². The Kier molecular flexibility index (Phi) is 4.16. The molecule has 0 fully saturated rings. The van der Waals surface area contributed by atoms with E-state index in [2.05, 4.69) is 16.5 Å². The van der Waals surface area contributed by atoms with Gasteiger partial charge in [-0.2, -0.15) is 10.4 Å². The van der Waals surface area contributed by atoms with E-state index in [9.17, 15) is 4.79 Å². The number of benzene rings is 2. The third-order valence-electron chi connectivity index (χ3n) is 3.41. The van der Waals surface area contributed by atoms with Crippen LogP contribution in [0.25, 0.3) is 5.69 Å². The molecule has 0 unspecified atom stereocenters. The van der Waals surface area contributed by atoms with E-state index in [1.54, 1.807) is 41.2 Å². The van der Waals surface area contributed by atoms with Gasteiger partial charge in [-0.05, 0) is 48.0 Å². The Bertz CT molecular complexity index is 845. The quantitative estimate of drug-likeness (QED) is 0.805. The predicted octanol–water partition coefficient (Wildman–Crippen LogP) is 2.67. The summed E-state index contributed by atoms with van der Waals surface area (Å²) in [5.74, 6) is -0.153. The molecule has 0 radical (unpaired) electrons. The minimum atomic E-state index is -0.153. The molecule has 0 aliphatic rings. The zero-order chi connectivity index (χ0) is 16.1. The van der Waals surface area contributed by atoms with E-state index < -0.39 is 0 Å². The first-order valence-corrected chi connectivity index (χ1v) is 7.13. The topological polar surface area (TPSA) is 70.7 Å². The minimum Gasteiger partial charge on any atom is -0.348 e. The SMILES string of the molecule is N#Cc1cccc(CNC(=O)c2ccc(-n3cccn3)cc2)c1. The van der Waals surface area contributed by atoms with Gasteiger partial charge in [-0.1, -0.05) is 12.1 Å². The average Bonchev–Trinajstić information content (AvgIpc) is 3.14. The van der Waals surface area contributed by atoms with Crippen LogP contribution in [0.15, 0.2) is 67.0 Å². The molecule has 1 heterocycles. The van der Waals surface area contributed by atoms with Gasteiger partial charge in [0.15, 0.2) is 0 Å². The van der Waals surface area contributed by atoms with Gasteiger partial charge in [0, 0.05) is 24.5 Å². The van der Waals surface area contributed by atoms with Crippen molar-refractivity contribution in [2.45, 2.75) is 6.54 Å². The monoisotopic (exact) mass is 302 g/mol. The molecule has 5 nitrogen and oxygen atoms in total. The van der Waals surface area contributed by atoms with Gasteiger partial charge in [-0.25, -0.2) is 4.68 Å². The molecule has 112 valence electrons. The standard InChI is InChI=1S/C18H14N4O/c19-12-14-3-1-4-15(11-14)13-20-18(23)16-5-7-17(8-6-16)22-10-2-9-21-22/h1-11H,13H2,(H,20,23). The van der Waals surface area contributed by atoms with Crippen molar-refractivity contribution in [3.8, 4) is 11.8 Å². The first kappa shape index (κ1) is 14.5. The van der Waals surface area contributed by atoms with Crippen LogP contribution >= 0.6 is 0 Å². The van der Waals surface area contributed by atoms with Crippen LogP contribution in [0.4, 0.5) is 0 Å². The highest BCUT2D eigenvalue weighted by Crippen LogP contribution is 2.09. The maximum Gasteiger partial charge on any atom is 0.251 e. The fourth-order valence-corrected chi connectivity index (χ4v) is 2.22. The Hall–Kier alpha value is -3.39. The summed E-state index contributed by atoms with van der Waals surface area (Å²) >= 11 is 0. The average molecular weight is 302 g/mol. The lowest BCUT2D eigenvalue weighted by molar-refractivity contribution is 0.0951. The van der Waals surface area contributed by atoms with Crippen molar-refractivity contribution in [3.63, 3.8) is 0 Å². The Morgan fingerprint density at radius 2 is 2.00 bits per heavy atom. The van der Waals surface area contributed by atoms with Gasteiger partial charge in [0.1, 0.15) is 0 Å². The Labute approximate surface area is 133 Å². The maximum atomic E-state index is 12.2. The number of nitriles is 1. The zero-order valence-electron chi connectivity index (χ0n) is 12.3. The number of hydrogen-bond acceptors (Lipinski definition) is 3. The third kappa shape index (κ3) is 3.44. The fourth-order valence-electron chi connectivity index (χ4n) is 2.22. The lowest BCUT2D eigenvalue weighted by Gasteiger charge is -2.07. The molecule has 1 amide bonds. The fraction of sp³-hybridized carbons (Fsp3) is 0.0556. The second kappa shape index (κ2) is 6.58. The van der Waals surface area contributed by atoms with Crippen LogP contribution in [-0.2, 0) is 6.54 Å². The largest absolute Gasteiger partial charge is 0.348 e. The van der Waals surface area contributed by atoms with Crippen LogP contribution in [0, 0.1) is 11.3 Å². The summed E-state index contributed by atoms with van der Waals surface area (Å²) < 4.78 is 1.73. The Balaban J connectivity index is 1.65. The summed E-state index contributed by atoms with van der Waals surface area (Å²) in [6.45, 7) is 0.384. The van der Waals surface area contributed by atoms with Gasteiger partial charge in [-0.15, -0.1) is 0 Å². The molecule has 0 spiro atoms. The van der Waals surface area contributed by atoms with Gasteiger partial charge in [0.2, 0.25) is 0 Å². The van der Waals surface area contributed by atoms with Crippen LogP contribution in [0.5, 0.6) is 0 Å². The van der Waals surface area contributed by atoms with Gasteiger partial charge < -0.3 is 5.32 Å². The van der Waals surface area contributed by atoms with Crippen LogP contribution in [0.3, 0.4) is 0 Å². The lowest BCUT2D eigenvalue weighted by Crippen LogP contribution is -2.22. The second-order valence-corrected chi connectivity index (χ2v) is 4.99. The molecule has 3 aromatic rings. The summed E-state index contributed by atoms with van der Waals surface area (Å²) in [5.41, 5.74) is 2.96. The van der Waals surface area contributed by atoms with Gasteiger partial charge >= 0.3 is 0 Å². The van der Waals surface area contributed by atoms with Crippen molar-refractivity contribution in [1.82, 2.24) is 15.1 Å².